The van der Waals surface area contributed by atoms with Crippen molar-refractivity contribution in [3.05, 3.63) is 35.9 Å². The highest BCUT2D eigenvalue weighted by atomic mass is 16.1. The highest BCUT2D eigenvalue weighted by Gasteiger charge is 2.26. The van der Waals surface area contributed by atoms with Crippen molar-refractivity contribution in [2.45, 2.75) is 39.2 Å². The fourth-order valence-corrected chi connectivity index (χ4v) is 2.65. The molecule has 1 saturated heterocycles. The van der Waals surface area contributed by atoms with Crippen molar-refractivity contribution in [2.24, 2.45) is 5.92 Å². The lowest BCUT2D eigenvalue weighted by Gasteiger charge is -2.34. The number of rotatable bonds is 4. The molecule has 0 amide bonds. The zero-order chi connectivity index (χ0) is 13.0. The number of likely N-dealkylation sites (tertiary alicyclic amines) is 1. The molecule has 0 aromatic heterocycles. The van der Waals surface area contributed by atoms with E-state index in [1.807, 2.05) is 0 Å². The smallest absolute Gasteiger partial charge is 0.138 e. The molecule has 0 spiro atoms. The van der Waals surface area contributed by atoms with Crippen LogP contribution < -0.4 is 0 Å². The molecule has 2 heteroatoms. The summed E-state index contributed by atoms with van der Waals surface area (Å²) >= 11 is 0. The number of benzene rings is 1. The van der Waals surface area contributed by atoms with E-state index in [1.54, 1.807) is 0 Å². The lowest BCUT2D eigenvalue weighted by atomic mass is 9.96. The van der Waals surface area contributed by atoms with Crippen molar-refractivity contribution >= 4 is 5.78 Å². The Hall–Kier alpha value is -1.15. The summed E-state index contributed by atoms with van der Waals surface area (Å²) in [6, 6.07) is 11.2. The number of ketones is 1. The molecule has 2 nitrogen and oxygen atoms in total. The molecule has 18 heavy (non-hydrogen) atoms. The average Bonchev–Trinajstić information content (AvgIpc) is 2.40. The van der Waals surface area contributed by atoms with E-state index in [0.29, 0.717) is 11.8 Å². The van der Waals surface area contributed by atoms with E-state index in [2.05, 4.69) is 49.1 Å². The van der Waals surface area contributed by atoms with E-state index in [-0.39, 0.29) is 5.92 Å². The molecule has 1 fully saturated rings. The fraction of sp³-hybridized carbons (Fsp3) is 0.562. The third-order valence-electron chi connectivity index (χ3n) is 4.02. The summed E-state index contributed by atoms with van der Waals surface area (Å²) in [5, 5.41) is 0. The Morgan fingerprint density at radius 2 is 2.06 bits per heavy atom. The number of piperidine rings is 1. The van der Waals surface area contributed by atoms with Gasteiger partial charge in [0.15, 0.2) is 0 Å². The zero-order valence-corrected chi connectivity index (χ0v) is 11.4. The molecule has 1 aromatic rings. The van der Waals surface area contributed by atoms with Crippen LogP contribution >= 0.6 is 0 Å². The summed E-state index contributed by atoms with van der Waals surface area (Å²) in [5.74, 6) is 0.652. The van der Waals surface area contributed by atoms with Gasteiger partial charge in [-0.1, -0.05) is 37.3 Å². The number of Topliss-reactive ketones (excluding diaryl/α,β-unsaturated/α-hetero) is 1. The molecule has 0 N–H and O–H groups in total. The lowest BCUT2D eigenvalue weighted by Crippen LogP contribution is -2.44. The number of hydrogen-bond donors (Lipinski definition) is 0. The van der Waals surface area contributed by atoms with Crippen molar-refractivity contribution in [2.75, 3.05) is 13.1 Å². The first-order chi connectivity index (χ1) is 8.66. The maximum absolute atomic E-state index is 11.5. The van der Waals surface area contributed by atoms with E-state index >= 15 is 0 Å². The quantitative estimate of drug-likeness (QED) is 0.813. The topological polar surface area (TPSA) is 20.3 Å². The molecular formula is C16H23NO. The monoisotopic (exact) mass is 245 g/mol. The summed E-state index contributed by atoms with van der Waals surface area (Å²) in [4.78, 5) is 14.0. The molecule has 0 aliphatic carbocycles. The Labute approximate surface area is 110 Å². The van der Waals surface area contributed by atoms with Crippen LogP contribution in [0, 0.1) is 5.92 Å². The number of aryl methyl sites for hydroxylation is 1. The van der Waals surface area contributed by atoms with Crippen LogP contribution in [-0.2, 0) is 11.2 Å². The minimum atomic E-state index is 0.220. The fourth-order valence-electron chi connectivity index (χ4n) is 2.65. The standard InChI is InChI=1S/C16H23NO/c1-13-12-17(11-10-16(13)18)14(2)8-9-15-6-4-3-5-7-15/h3-7,13-14H,8-12H2,1-2H3. The van der Waals surface area contributed by atoms with Crippen molar-refractivity contribution in [1.82, 2.24) is 4.90 Å². The second kappa shape index (κ2) is 6.14. The van der Waals surface area contributed by atoms with Gasteiger partial charge >= 0.3 is 0 Å². The average molecular weight is 245 g/mol. The van der Waals surface area contributed by atoms with E-state index in [1.165, 1.54) is 12.0 Å². The molecular weight excluding hydrogens is 222 g/mol. The van der Waals surface area contributed by atoms with Gasteiger partial charge in [-0.3, -0.25) is 9.69 Å². The van der Waals surface area contributed by atoms with Crippen LogP contribution in [0.2, 0.25) is 0 Å². The van der Waals surface area contributed by atoms with Crippen molar-refractivity contribution in [3.8, 4) is 0 Å². The maximum Gasteiger partial charge on any atom is 0.138 e. The van der Waals surface area contributed by atoms with Gasteiger partial charge < -0.3 is 0 Å². The van der Waals surface area contributed by atoms with Crippen LogP contribution in [-0.4, -0.2) is 29.8 Å². The van der Waals surface area contributed by atoms with Crippen molar-refractivity contribution in [1.29, 1.82) is 0 Å². The van der Waals surface area contributed by atoms with Crippen LogP contribution in [0.1, 0.15) is 32.3 Å². The Morgan fingerprint density at radius 3 is 2.72 bits per heavy atom. The first kappa shape index (κ1) is 13.3. The zero-order valence-electron chi connectivity index (χ0n) is 11.4. The number of nitrogens with zero attached hydrogens (tertiary/aromatic N) is 1. The summed E-state index contributed by atoms with van der Waals surface area (Å²) in [5.41, 5.74) is 1.41. The second-order valence-corrected chi connectivity index (χ2v) is 5.49. The maximum atomic E-state index is 11.5. The van der Waals surface area contributed by atoms with Crippen molar-refractivity contribution < 1.29 is 4.79 Å². The number of hydrogen-bond acceptors (Lipinski definition) is 2. The highest BCUT2D eigenvalue weighted by molar-refractivity contribution is 5.81. The van der Waals surface area contributed by atoms with Gasteiger partial charge in [-0.15, -0.1) is 0 Å². The predicted octanol–water partition coefficient (Wildman–Crippen LogP) is 2.92. The summed E-state index contributed by atoms with van der Waals surface area (Å²) < 4.78 is 0. The first-order valence-electron chi connectivity index (χ1n) is 6.97. The van der Waals surface area contributed by atoms with Crippen LogP contribution in [0.4, 0.5) is 0 Å². The molecule has 0 radical (unpaired) electrons. The van der Waals surface area contributed by atoms with E-state index in [4.69, 9.17) is 0 Å². The van der Waals surface area contributed by atoms with Gasteiger partial charge in [-0.2, -0.15) is 0 Å². The van der Waals surface area contributed by atoms with Gasteiger partial charge in [0.25, 0.3) is 0 Å². The Morgan fingerprint density at radius 1 is 1.33 bits per heavy atom. The SMILES string of the molecule is CC1CN(C(C)CCc2ccccc2)CCC1=O. The normalized spacial score (nSPS) is 23.0. The van der Waals surface area contributed by atoms with E-state index < -0.39 is 0 Å². The third-order valence-corrected chi connectivity index (χ3v) is 4.02. The van der Waals surface area contributed by atoms with Gasteiger partial charge in [0.05, 0.1) is 0 Å². The molecule has 98 valence electrons. The lowest BCUT2D eigenvalue weighted by molar-refractivity contribution is -0.126. The molecule has 1 aromatic carbocycles. The van der Waals surface area contributed by atoms with Gasteiger partial charge in [0.2, 0.25) is 0 Å². The second-order valence-electron chi connectivity index (χ2n) is 5.49. The Balaban J connectivity index is 1.81. The minimum Gasteiger partial charge on any atom is -0.300 e. The van der Waals surface area contributed by atoms with Gasteiger partial charge in [0.1, 0.15) is 5.78 Å². The van der Waals surface area contributed by atoms with Crippen LogP contribution in [0.15, 0.2) is 30.3 Å². The van der Waals surface area contributed by atoms with Crippen LogP contribution in [0.5, 0.6) is 0 Å². The van der Waals surface area contributed by atoms with Gasteiger partial charge in [-0.05, 0) is 25.3 Å². The summed E-state index contributed by atoms with van der Waals surface area (Å²) in [6.07, 6.45) is 3.03. The van der Waals surface area contributed by atoms with Crippen molar-refractivity contribution in [3.63, 3.8) is 0 Å². The molecule has 0 bridgehead atoms. The summed E-state index contributed by atoms with van der Waals surface area (Å²) in [7, 11) is 0. The molecule has 1 aliphatic heterocycles. The summed E-state index contributed by atoms with van der Waals surface area (Å²) in [6.45, 7) is 6.22. The minimum absolute atomic E-state index is 0.220. The molecule has 2 rings (SSSR count). The molecule has 2 atom stereocenters. The Kier molecular flexibility index (Phi) is 4.54. The number of carbonyl (C=O) groups is 1. The third kappa shape index (κ3) is 3.42. The highest BCUT2D eigenvalue weighted by Crippen LogP contribution is 2.17. The van der Waals surface area contributed by atoms with Crippen LogP contribution in [0.3, 0.4) is 0 Å². The van der Waals surface area contributed by atoms with Crippen LogP contribution in [0.25, 0.3) is 0 Å². The first-order valence-corrected chi connectivity index (χ1v) is 6.97. The molecule has 1 aliphatic rings. The van der Waals surface area contributed by atoms with E-state index in [9.17, 15) is 4.79 Å². The predicted molar refractivity (Wildman–Crippen MR) is 74.6 cm³/mol. The number of carbonyl (C=O) groups excluding carboxylic acids is 1. The largest absolute Gasteiger partial charge is 0.300 e. The Bertz CT molecular complexity index is 387. The van der Waals surface area contributed by atoms with E-state index in [0.717, 1.165) is 25.9 Å². The molecule has 1 heterocycles. The van der Waals surface area contributed by atoms with Gasteiger partial charge in [-0.25, -0.2) is 0 Å². The van der Waals surface area contributed by atoms with Gasteiger partial charge in [0, 0.05) is 31.5 Å². The molecule has 0 saturated carbocycles. The molecule has 2 unspecified atom stereocenters.